The highest BCUT2D eigenvalue weighted by Gasteiger charge is 2.09. The minimum Gasteiger partial charge on any atom is -0.497 e. The third-order valence-electron chi connectivity index (χ3n) is 3.28. The van der Waals surface area contributed by atoms with Crippen LogP contribution < -0.4 is 15.6 Å². The van der Waals surface area contributed by atoms with E-state index in [1.54, 1.807) is 37.4 Å². The zero-order valence-corrected chi connectivity index (χ0v) is 13.7. The standard InChI is InChI=1S/C17H15N3O3S/c1-23-12-8-6-11(7-9-12)18-15(21)10-24-17-16(22)19-13-4-2-3-5-14(13)20-17/h2-9H,10H2,1H3,(H,18,21)(H,19,22). The van der Waals surface area contributed by atoms with Gasteiger partial charge in [0.1, 0.15) is 5.75 Å². The zero-order chi connectivity index (χ0) is 16.9. The molecule has 0 aliphatic heterocycles. The number of aromatic amines is 1. The van der Waals surface area contributed by atoms with Gasteiger partial charge in [0.05, 0.1) is 23.9 Å². The van der Waals surface area contributed by atoms with Crippen LogP contribution in [-0.4, -0.2) is 28.7 Å². The Morgan fingerprint density at radius 2 is 1.96 bits per heavy atom. The number of nitrogens with one attached hydrogen (secondary N) is 2. The molecule has 0 aliphatic rings. The molecular weight excluding hydrogens is 326 g/mol. The molecule has 1 amide bonds. The second-order valence-corrected chi connectivity index (χ2v) is 5.92. The Balaban J connectivity index is 1.65. The van der Waals surface area contributed by atoms with Crippen molar-refractivity contribution in [1.29, 1.82) is 0 Å². The predicted molar refractivity (Wildman–Crippen MR) is 94.7 cm³/mol. The molecule has 2 aromatic carbocycles. The van der Waals surface area contributed by atoms with Gasteiger partial charge in [-0.15, -0.1) is 0 Å². The largest absolute Gasteiger partial charge is 0.497 e. The van der Waals surface area contributed by atoms with Crippen LogP contribution in [0.15, 0.2) is 58.4 Å². The number of anilines is 1. The normalized spacial score (nSPS) is 10.5. The molecule has 0 aliphatic carbocycles. The summed E-state index contributed by atoms with van der Waals surface area (Å²) in [7, 11) is 1.58. The lowest BCUT2D eigenvalue weighted by molar-refractivity contribution is -0.113. The summed E-state index contributed by atoms with van der Waals surface area (Å²) >= 11 is 1.11. The molecule has 7 heteroatoms. The maximum atomic E-state index is 12.0. The van der Waals surface area contributed by atoms with Crippen molar-refractivity contribution >= 4 is 34.4 Å². The summed E-state index contributed by atoms with van der Waals surface area (Å²) in [6.45, 7) is 0. The molecule has 6 nitrogen and oxygen atoms in total. The highest BCUT2D eigenvalue weighted by atomic mass is 32.2. The number of fused-ring (bicyclic) bond motifs is 1. The van der Waals surface area contributed by atoms with Gasteiger partial charge in [0, 0.05) is 5.69 Å². The molecule has 122 valence electrons. The second-order valence-electron chi connectivity index (χ2n) is 4.95. The number of H-pyrrole nitrogens is 1. The number of hydrogen-bond acceptors (Lipinski definition) is 5. The Hall–Kier alpha value is -2.80. The highest BCUT2D eigenvalue weighted by molar-refractivity contribution is 7.99. The third kappa shape index (κ3) is 3.75. The molecular formula is C17H15N3O3S. The molecule has 0 unspecified atom stereocenters. The molecule has 1 heterocycles. The van der Waals surface area contributed by atoms with Gasteiger partial charge in [-0.1, -0.05) is 23.9 Å². The monoisotopic (exact) mass is 341 g/mol. The molecule has 0 bridgehead atoms. The van der Waals surface area contributed by atoms with Crippen LogP contribution in [0.5, 0.6) is 5.75 Å². The lowest BCUT2D eigenvalue weighted by Crippen LogP contribution is -2.17. The predicted octanol–water partition coefficient (Wildman–Crippen LogP) is 2.66. The molecule has 0 saturated heterocycles. The van der Waals surface area contributed by atoms with E-state index < -0.39 is 0 Å². The lowest BCUT2D eigenvalue weighted by Gasteiger charge is -2.06. The van der Waals surface area contributed by atoms with Crippen molar-refractivity contribution in [3.8, 4) is 5.75 Å². The van der Waals surface area contributed by atoms with Crippen molar-refractivity contribution in [2.45, 2.75) is 5.03 Å². The zero-order valence-electron chi connectivity index (χ0n) is 12.9. The van der Waals surface area contributed by atoms with E-state index in [0.29, 0.717) is 22.5 Å². The first-order chi connectivity index (χ1) is 11.7. The van der Waals surface area contributed by atoms with Crippen molar-refractivity contribution in [2.24, 2.45) is 0 Å². The number of nitrogens with zero attached hydrogens (tertiary/aromatic N) is 1. The summed E-state index contributed by atoms with van der Waals surface area (Å²) in [4.78, 5) is 31.1. The van der Waals surface area contributed by atoms with E-state index in [0.717, 1.165) is 11.8 Å². The van der Waals surface area contributed by atoms with Crippen LogP contribution in [0.1, 0.15) is 0 Å². The average Bonchev–Trinajstić information content (AvgIpc) is 2.60. The first-order valence-corrected chi connectivity index (χ1v) is 8.20. The van der Waals surface area contributed by atoms with Crippen molar-refractivity contribution in [2.75, 3.05) is 18.2 Å². The van der Waals surface area contributed by atoms with E-state index >= 15 is 0 Å². The van der Waals surface area contributed by atoms with Gasteiger partial charge >= 0.3 is 0 Å². The molecule has 24 heavy (non-hydrogen) atoms. The van der Waals surface area contributed by atoms with Crippen LogP contribution in [-0.2, 0) is 4.79 Å². The number of para-hydroxylation sites is 2. The summed E-state index contributed by atoms with van der Waals surface area (Å²) in [5, 5.41) is 3.04. The maximum absolute atomic E-state index is 12.0. The molecule has 3 rings (SSSR count). The van der Waals surface area contributed by atoms with Gasteiger partial charge in [-0.25, -0.2) is 4.98 Å². The SMILES string of the molecule is COc1ccc(NC(=O)CSc2nc3ccccc3[nH]c2=O)cc1. The van der Waals surface area contributed by atoms with Crippen LogP contribution in [0.3, 0.4) is 0 Å². The Labute approximate surface area is 142 Å². The Kier molecular flexibility index (Phi) is 4.81. The molecule has 0 saturated carbocycles. The molecule has 2 N–H and O–H groups in total. The van der Waals surface area contributed by atoms with Gasteiger partial charge in [0.2, 0.25) is 5.91 Å². The number of aromatic nitrogens is 2. The number of carbonyl (C=O) groups is 1. The number of amides is 1. The van der Waals surface area contributed by atoms with E-state index in [2.05, 4.69) is 15.3 Å². The number of carbonyl (C=O) groups excluding carboxylic acids is 1. The van der Waals surface area contributed by atoms with Crippen molar-refractivity contribution in [3.63, 3.8) is 0 Å². The molecule has 1 aromatic heterocycles. The smallest absolute Gasteiger partial charge is 0.280 e. The quantitative estimate of drug-likeness (QED) is 0.697. The number of thioether (sulfide) groups is 1. The minimum absolute atomic E-state index is 0.0977. The fourth-order valence-electron chi connectivity index (χ4n) is 2.12. The van der Waals surface area contributed by atoms with Crippen LogP contribution in [0.25, 0.3) is 11.0 Å². The number of methoxy groups -OCH3 is 1. The van der Waals surface area contributed by atoms with Crippen LogP contribution >= 0.6 is 11.8 Å². The first-order valence-electron chi connectivity index (χ1n) is 7.21. The van der Waals surface area contributed by atoms with E-state index in [1.807, 2.05) is 18.2 Å². The third-order valence-corrected chi connectivity index (χ3v) is 4.24. The fourth-order valence-corrected chi connectivity index (χ4v) is 2.80. The van der Waals surface area contributed by atoms with Gasteiger partial charge in [-0.05, 0) is 36.4 Å². The Morgan fingerprint density at radius 1 is 1.21 bits per heavy atom. The van der Waals surface area contributed by atoms with Crippen molar-refractivity contribution in [3.05, 3.63) is 58.9 Å². The summed E-state index contributed by atoms with van der Waals surface area (Å²) < 4.78 is 5.06. The number of hydrogen-bond donors (Lipinski definition) is 2. The summed E-state index contributed by atoms with van der Waals surface area (Å²) in [6, 6.07) is 14.3. The van der Waals surface area contributed by atoms with Crippen LogP contribution in [0, 0.1) is 0 Å². The van der Waals surface area contributed by atoms with Crippen molar-refractivity contribution < 1.29 is 9.53 Å². The lowest BCUT2D eigenvalue weighted by atomic mass is 10.3. The fraction of sp³-hybridized carbons (Fsp3) is 0.118. The van der Waals surface area contributed by atoms with Crippen LogP contribution in [0.2, 0.25) is 0 Å². The molecule has 0 atom stereocenters. The van der Waals surface area contributed by atoms with E-state index in [4.69, 9.17) is 4.74 Å². The van der Waals surface area contributed by atoms with Crippen LogP contribution in [0.4, 0.5) is 5.69 Å². The van der Waals surface area contributed by atoms with Gasteiger partial charge in [-0.2, -0.15) is 0 Å². The van der Waals surface area contributed by atoms with Gasteiger partial charge in [0.15, 0.2) is 5.03 Å². The number of benzene rings is 2. The van der Waals surface area contributed by atoms with Crippen molar-refractivity contribution in [1.82, 2.24) is 9.97 Å². The molecule has 0 spiro atoms. The van der Waals surface area contributed by atoms with E-state index in [1.165, 1.54) is 0 Å². The van der Waals surface area contributed by atoms with Gasteiger partial charge in [0.25, 0.3) is 5.56 Å². The summed E-state index contributed by atoms with van der Waals surface area (Å²) in [6.07, 6.45) is 0. The number of rotatable bonds is 5. The average molecular weight is 341 g/mol. The first kappa shape index (κ1) is 16.1. The minimum atomic E-state index is -0.295. The number of ether oxygens (including phenoxy) is 1. The topological polar surface area (TPSA) is 84.1 Å². The van der Waals surface area contributed by atoms with Gasteiger partial charge in [-0.3, -0.25) is 9.59 Å². The highest BCUT2D eigenvalue weighted by Crippen LogP contribution is 2.17. The summed E-state index contributed by atoms with van der Waals surface area (Å²) in [5.74, 6) is 0.606. The summed E-state index contributed by atoms with van der Waals surface area (Å²) in [5.41, 5.74) is 1.74. The maximum Gasteiger partial charge on any atom is 0.280 e. The van der Waals surface area contributed by atoms with E-state index in [9.17, 15) is 9.59 Å². The molecule has 3 aromatic rings. The second kappa shape index (κ2) is 7.18. The molecule has 0 radical (unpaired) electrons. The molecule has 0 fully saturated rings. The van der Waals surface area contributed by atoms with E-state index in [-0.39, 0.29) is 22.2 Å². The van der Waals surface area contributed by atoms with Gasteiger partial charge < -0.3 is 15.0 Å². The Bertz CT molecular complexity index is 922. The Morgan fingerprint density at radius 3 is 2.71 bits per heavy atom.